The zero-order valence-corrected chi connectivity index (χ0v) is 11.3. The molecular formula is H4FeIKO4S. The summed E-state index contributed by atoms with van der Waals surface area (Å²) in [6.07, 6.45) is 0. The first-order valence-electron chi connectivity index (χ1n) is 0.698. The van der Waals surface area contributed by atoms with Crippen LogP contribution in [0, 0.1) is 0 Å². The Kier molecular flexibility index (Phi) is 27.4. The first kappa shape index (κ1) is 22.4. The van der Waals surface area contributed by atoms with Gasteiger partial charge in [0.05, 0.1) is 0 Å². The van der Waals surface area contributed by atoms with Crippen LogP contribution in [0.15, 0.2) is 0 Å². The molecule has 0 unspecified atom stereocenters. The van der Waals surface area contributed by atoms with Gasteiger partial charge in [-0.25, -0.2) is 0 Å². The molecule has 0 radical (unpaired) electrons. The van der Waals surface area contributed by atoms with Crippen LogP contribution in [0.3, 0.4) is 0 Å². The molecule has 0 bridgehead atoms. The summed E-state index contributed by atoms with van der Waals surface area (Å²) in [6, 6.07) is 0. The molecule has 0 aliphatic carbocycles. The van der Waals surface area contributed by atoms with E-state index in [0.29, 0.717) is 0 Å². The van der Waals surface area contributed by atoms with Crippen molar-refractivity contribution in [2.75, 3.05) is 0 Å². The monoisotopic (exact) mass is 322 g/mol. The van der Waals surface area contributed by atoms with Crippen molar-refractivity contribution in [3.8, 4) is 0 Å². The normalized spacial score (nSPS) is 7.25. The Balaban J connectivity index is -0.0000000133. The molecule has 0 aliphatic rings. The summed E-state index contributed by atoms with van der Waals surface area (Å²) in [5.74, 6) is 0. The zero-order chi connectivity index (χ0) is 4.50. The Hall–Kier alpha value is 2.76. The predicted octanol–water partition coefficient (Wildman–Crippen LogP) is -2.92. The van der Waals surface area contributed by atoms with Crippen LogP contribution in [0.4, 0.5) is 0 Å². The van der Waals surface area contributed by atoms with E-state index in [1.54, 1.807) is 0 Å². The Morgan fingerprint density at radius 1 is 1.25 bits per heavy atom. The molecule has 0 aromatic rings. The predicted molar refractivity (Wildman–Crippen MR) is 30.7 cm³/mol. The van der Waals surface area contributed by atoms with Gasteiger partial charge in [0.1, 0.15) is 0 Å². The summed E-state index contributed by atoms with van der Waals surface area (Å²) in [6.45, 7) is 0. The fraction of sp³-hybridized carbons (Fsp3) is 0. The molecule has 0 amide bonds. The minimum Gasteiger partial charge on any atom is -1.00 e. The van der Waals surface area contributed by atoms with E-state index >= 15 is 0 Å². The summed E-state index contributed by atoms with van der Waals surface area (Å²) >= 11 is 0. The third kappa shape index (κ3) is 69.4. The third-order valence-corrected chi connectivity index (χ3v) is 0. The van der Waals surface area contributed by atoms with E-state index in [0.717, 1.165) is 0 Å². The van der Waals surface area contributed by atoms with E-state index in [1.165, 1.54) is 0 Å². The molecule has 0 heterocycles. The van der Waals surface area contributed by atoms with Crippen molar-refractivity contribution < 1.29 is 87.4 Å². The SMILES string of the molecule is I.O=S(=O)(O)O.[Fe].[H-].[K+]. The standard InChI is InChI=1S/Fe.HI.K.H2O4S.H/c;;;1-5(2,3)4;/h;1H;;(H2,1,2,3,4);/q;;+1;;-1. The van der Waals surface area contributed by atoms with E-state index in [9.17, 15) is 0 Å². The Labute approximate surface area is 119 Å². The number of hydrogen-bond donors (Lipinski definition) is 2. The third-order valence-electron chi connectivity index (χ3n) is 0. The molecule has 0 spiro atoms. The van der Waals surface area contributed by atoms with Crippen LogP contribution in [0.25, 0.3) is 0 Å². The van der Waals surface area contributed by atoms with Gasteiger partial charge >= 0.3 is 61.8 Å². The largest absolute Gasteiger partial charge is 1.00 e. The van der Waals surface area contributed by atoms with Crippen molar-refractivity contribution in [3.05, 3.63) is 0 Å². The Bertz CT molecular complexity index is 104. The fourth-order valence-corrected chi connectivity index (χ4v) is 0. The van der Waals surface area contributed by atoms with E-state index in [1.807, 2.05) is 0 Å². The van der Waals surface area contributed by atoms with Gasteiger partial charge in [0, 0.05) is 17.1 Å². The minimum absolute atomic E-state index is 0. The van der Waals surface area contributed by atoms with Gasteiger partial charge in [0.2, 0.25) is 0 Å². The van der Waals surface area contributed by atoms with Crippen LogP contribution in [-0.4, -0.2) is 17.5 Å². The molecular weight excluding hydrogens is 318 g/mol. The molecule has 0 aromatic carbocycles. The molecule has 0 fully saturated rings. The van der Waals surface area contributed by atoms with Gasteiger partial charge < -0.3 is 1.43 Å². The number of hydrogen-bond acceptors (Lipinski definition) is 2. The maximum absolute atomic E-state index is 8.74. The smallest absolute Gasteiger partial charge is 1.00 e. The van der Waals surface area contributed by atoms with Gasteiger partial charge in [-0.2, -0.15) is 8.42 Å². The number of rotatable bonds is 0. The maximum Gasteiger partial charge on any atom is 1.00 e. The minimum atomic E-state index is -4.67. The molecule has 2 N–H and O–H groups in total. The van der Waals surface area contributed by atoms with Crippen molar-refractivity contribution in [2.45, 2.75) is 0 Å². The van der Waals surface area contributed by atoms with Crippen molar-refractivity contribution >= 4 is 34.4 Å². The molecule has 0 saturated carbocycles. The van der Waals surface area contributed by atoms with Crippen molar-refractivity contribution in [1.29, 1.82) is 0 Å². The van der Waals surface area contributed by atoms with Gasteiger partial charge in [-0.05, 0) is 0 Å². The van der Waals surface area contributed by atoms with Crippen molar-refractivity contribution in [2.24, 2.45) is 0 Å². The van der Waals surface area contributed by atoms with Crippen LogP contribution in [0.2, 0.25) is 0 Å². The van der Waals surface area contributed by atoms with E-state index in [-0.39, 0.29) is 93.9 Å². The Morgan fingerprint density at radius 3 is 1.25 bits per heavy atom. The maximum atomic E-state index is 8.74. The van der Waals surface area contributed by atoms with E-state index in [2.05, 4.69) is 0 Å². The fourth-order valence-electron chi connectivity index (χ4n) is 0. The molecule has 8 heteroatoms. The summed E-state index contributed by atoms with van der Waals surface area (Å²) in [4.78, 5) is 0. The van der Waals surface area contributed by atoms with Crippen LogP contribution in [0.1, 0.15) is 1.43 Å². The van der Waals surface area contributed by atoms with Gasteiger partial charge in [-0.15, -0.1) is 24.0 Å². The summed E-state index contributed by atoms with van der Waals surface area (Å²) in [5, 5.41) is 0. The first-order valence-corrected chi connectivity index (χ1v) is 2.10. The first-order chi connectivity index (χ1) is 2.00. The topological polar surface area (TPSA) is 74.6 Å². The molecule has 0 aliphatic heterocycles. The van der Waals surface area contributed by atoms with Gasteiger partial charge in [-0.3, -0.25) is 9.11 Å². The molecule has 0 rings (SSSR count). The molecule has 0 saturated heterocycles. The van der Waals surface area contributed by atoms with E-state index in [4.69, 9.17) is 17.5 Å². The quantitative estimate of drug-likeness (QED) is 0.285. The second kappa shape index (κ2) is 9.76. The number of halogens is 1. The van der Waals surface area contributed by atoms with Gasteiger partial charge in [0.25, 0.3) is 0 Å². The second-order valence-corrected chi connectivity index (χ2v) is 1.34. The molecule has 4 nitrogen and oxygen atoms in total. The molecule has 50 valence electrons. The van der Waals surface area contributed by atoms with Crippen molar-refractivity contribution in [3.63, 3.8) is 0 Å². The summed E-state index contributed by atoms with van der Waals surface area (Å²) in [5.41, 5.74) is 0. The van der Waals surface area contributed by atoms with Gasteiger partial charge in [-0.1, -0.05) is 0 Å². The van der Waals surface area contributed by atoms with Gasteiger partial charge in [0.15, 0.2) is 0 Å². The van der Waals surface area contributed by atoms with Crippen LogP contribution in [-0.2, 0) is 27.5 Å². The average molecular weight is 322 g/mol. The molecule has 8 heavy (non-hydrogen) atoms. The van der Waals surface area contributed by atoms with E-state index < -0.39 is 10.4 Å². The average Bonchev–Trinajstić information content (AvgIpc) is 0.722. The van der Waals surface area contributed by atoms with Crippen LogP contribution in [0.5, 0.6) is 0 Å². The second-order valence-electron chi connectivity index (χ2n) is 0.448. The summed E-state index contributed by atoms with van der Waals surface area (Å²) < 4.78 is 31.6. The van der Waals surface area contributed by atoms with Crippen LogP contribution >= 0.6 is 24.0 Å². The summed E-state index contributed by atoms with van der Waals surface area (Å²) in [7, 11) is -4.67. The molecule has 0 aromatic heterocycles. The van der Waals surface area contributed by atoms with Crippen LogP contribution < -0.4 is 51.4 Å². The zero-order valence-electron chi connectivity index (χ0n) is 4.88. The Morgan fingerprint density at radius 2 is 1.25 bits per heavy atom. The van der Waals surface area contributed by atoms with Crippen molar-refractivity contribution in [1.82, 2.24) is 0 Å². The molecule has 0 atom stereocenters.